The Morgan fingerprint density at radius 1 is 1.47 bits per heavy atom. The summed E-state index contributed by atoms with van der Waals surface area (Å²) in [4.78, 5) is 12.3. The summed E-state index contributed by atoms with van der Waals surface area (Å²) in [5.74, 6) is -1.59. The second-order valence-corrected chi connectivity index (χ2v) is 5.29. The first-order valence-corrected chi connectivity index (χ1v) is 6.70. The van der Waals surface area contributed by atoms with Crippen LogP contribution in [0.3, 0.4) is 0 Å². The Kier molecular flexibility index (Phi) is 4.29. The van der Waals surface area contributed by atoms with Gasteiger partial charge in [0.25, 0.3) is 0 Å². The van der Waals surface area contributed by atoms with E-state index in [0.29, 0.717) is 6.54 Å². The van der Waals surface area contributed by atoms with Crippen molar-refractivity contribution >= 4 is 17.3 Å². The fraction of sp³-hybridized carbons (Fsp3) is 0.214. The Morgan fingerprint density at radius 3 is 2.89 bits per heavy atom. The molecule has 0 aliphatic rings. The molecule has 0 radical (unpaired) electrons. The maximum absolute atomic E-state index is 13.7. The summed E-state index contributed by atoms with van der Waals surface area (Å²) >= 11 is 1.53. The lowest BCUT2D eigenvalue weighted by Crippen LogP contribution is -2.28. The molecule has 1 atom stereocenters. The van der Waals surface area contributed by atoms with Crippen LogP contribution in [0.1, 0.15) is 22.0 Å². The molecular formula is C14H14FNO2S. The molecule has 0 bridgehead atoms. The van der Waals surface area contributed by atoms with Crippen molar-refractivity contribution in [1.82, 2.24) is 5.32 Å². The van der Waals surface area contributed by atoms with E-state index in [4.69, 9.17) is 0 Å². The van der Waals surface area contributed by atoms with E-state index in [2.05, 4.69) is 5.32 Å². The topological polar surface area (TPSA) is 49.3 Å². The predicted octanol–water partition coefficient (Wildman–Crippen LogP) is 3.11. The molecule has 0 aliphatic heterocycles. The van der Waals surface area contributed by atoms with Crippen molar-refractivity contribution in [2.75, 3.05) is 0 Å². The molecule has 3 nitrogen and oxygen atoms in total. The molecule has 0 spiro atoms. The van der Waals surface area contributed by atoms with Crippen LogP contribution in [0.4, 0.5) is 4.39 Å². The van der Waals surface area contributed by atoms with Gasteiger partial charge in [0.05, 0.1) is 0 Å². The second-order valence-electron chi connectivity index (χ2n) is 4.26. The third-order valence-corrected chi connectivity index (χ3v) is 3.65. The van der Waals surface area contributed by atoms with Gasteiger partial charge in [0.2, 0.25) is 0 Å². The van der Waals surface area contributed by atoms with Gasteiger partial charge >= 0.3 is 5.97 Å². The van der Waals surface area contributed by atoms with Gasteiger partial charge in [-0.25, -0.2) is 4.39 Å². The molecule has 0 amide bonds. The molecule has 1 aromatic heterocycles. The summed E-state index contributed by atoms with van der Waals surface area (Å²) < 4.78 is 13.7. The molecule has 1 unspecified atom stereocenters. The fourth-order valence-electron chi connectivity index (χ4n) is 1.83. The number of thiophene rings is 1. The second kappa shape index (κ2) is 5.95. The number of aryl methyl sites for hydroxylation is 1. The van der Waals surface area contributed by atoms with Crippen molar-refractivity contribution in [3.05, 3.63) is 57.5 Å². The van der Waals surface area contributed by atoms with Crippen LogP contribution in [0.15, 0.2) is 35.7 Å². The number of rotatable bonds is 5. The van der Waals surface area contributed by atoms with Gasteiger partial charge in [-0.2, -0.15) is 0 Å². The molecule has 100 valence electrons. The van der Waals surface area contributed by atoms with Crippen LogP contribution in [0.2, 0.25) is 0 Å². The number of carboxylic acid groups (broad SMARTS) is 1. The predicted molar refractivity (Wildman–Crippen MR) is 72.7 cm³/mol. The minimum Gasteiger partial charge on any atom is -0.480 e. The van der Waals surface area contributed by atoms with Gasteiger partial charge in [-0.3, -0.25) is 10.1 Å². The number of benzene rings is 1. The summed E-state index contributed by atoms with van der Waals surface area (Å²) in [5.41, 5.74) is 1.00. The SMILES string of the molecule is Cc1ccc(F)c(C(NCc2cccs2)C(=O)O)c1. The summed E-state index contributed by atoms with van der Waals surface area (Å²) in [6.45, 7) is 2.21. The van der Waals surface area contributed by atoms with Crippen LogP contribution in [0, 0.1) is 12.7 Å². The zero-order valence-electron chi connectivity index (χ0n) is 10.4. The lowest BCUT2D eigenvalue weighted by Gasteiger charge is -2.15. The van der Waals surface area contributed by atoms with Crippen LogP contribution >= 0.6 is 11.3 Å². The number of carboxylic acids is 1. The van der Waals surface area contributed by atoms with Gasteiger partial charge in [0, 0.05) is 17.0 Å². The Labute approximate surface area is 114 Å². The van der Waals surface area contributed by atoms with E-state index in [0.717, 1.165) is 10.4 Å². The van der Waals surface area contributed by atoms with Gasteiger partial charge < -0.3 is 5.11 Å². The Balaban J connectivity index is 2.20. The quantitative estimate of drug-likeness (QED) is 0.884. The van der Waals surface area contributed by atoms with E-state index < -0.39 is 17.8 Å². The highest BCUT2D eigenvalue weighted by Crippen LogP contribution is 2.20. The van der Waals surface area contributed by atoms with E-state index >= 15 is 0 Å². The number of halogens is 1. The molecule has 0 fully saturated rings. The van der Waals surface area contributed by atoms with Crippen molar-refractivity contribution in [2.45, 2.75) is 19.5 Å². The van der Waals surface area contributed by atoms with Crippen LogP contribution in [-0.4, -0.2) is 11.1 Å². The first-order valence-electron chi connectivity index (χ1n) is 5.82. The third kappa shape index (κ3) is 3.39. The van der Waals surface area contributed by atoms with Gasteiger partial charge in [0.15, 0.2) is 0 Å². The van der Waals surface area contributed by atoms with Gasteiger partial charge in [-0.15, -0.1) is 11.3 Å². The van der Waals surface area contributed by atoms with Gasteiger partial charge in [-0.1, -0.05) is 23.8 Å². The normalized spacial score (nSPS) is 12.3. The summed E-state index contributed by atoms with van der Waals surface area (Å²) in [7, 11) is 0. The molecule has 1 heterocycles. The first kappa shape index (κ1) is 13.7. The number of aliphatic carboxylic acids is 1. The highest BCUT2D eigenvalue weighted by atomic mass is 32.1. The molecule has 0 aliphatic carbocycles. The van der Waals surface area contributed by atoms with E-state index in [1.54, 1.807) is 19.1 Å². The monoisotopic (exact) mass is 279 g/mol. The maximum atomic E-state index is 13.7. The molecule has 2 aromatic rings. The molecule has 0 saturated carbocycles. The highest BCUT2D eigenvalue weighted by Gasteiger charge is 2.22. The van der Waals surface area contributed by atoms with Gasteiger partial charge in [0.1, 0.15) is 11.9 Å². The standard InChI is InChI=1S/C14H14FNO2S/c1-9-4-5-12(15)11(7-9)13(14(17)18)16-8-10-3-2-6-19-10/h2-7,13,16H,8H2,1H3,(H,17,18). The van der Waals surface area contributed by atoms with E-state index in [9.17, 15) is 14.3 Å². The van der Waals surface area contributed by atoms with Crippen LogP contribution in [0.25, 0.3) is 0 Å². The number of hydrogen-bond donors (Lipinski definition) is 2. The number of hydrogen-bond acceptors (Lipinski definition) is 3. The average molecular weight is 279 g/mol. The maximum Gasteiger partial charge on any atom is 0.325 e. The largest absolute Gasteiger partial charge is 0.480 e. The molecule has 1 aromatic carbocycles. The van der Waals surface area contributed by atoms with Crippen LogP contribution < -0.4 is 5.32 Å². The Bertz CT molecular complexity index is 569. The molecule has 19 heavy (non-hydrogen) atoms. The van der Waals surface area contributed by atoms with E-state index in [-0.39, 0.29) is 5.56 Å². The summed E-state index contributed by atoms with van der Waals surface area (Å²) in [6.07, 6.45) is 0. The molecule has 0 saturated heterocycles. The number of nitrogens with one attached hydrogen (secondary N) is 1. The minimum atomic E-state index is -1.08. The zero-order chi connectivity index (χ0) is 13.8. The third-order valence-electron chi connectivity index (χ3n) is 2.77. The van der Waals surface area contributed by atoms with Crippen LogP contribution in [0.5, 0.6) is 0 Å². The van der Waals surface area contributed by atoms with Crippen molar-refractivity contribution < 1.29 is 14.3 Å². The van der Waals surface area contributed by atoms with Crippen molar-refractivity contribution in [1.29, 1.82) is 0 Å². The molecule has 2 rings (SSSR count). The minimum absolute atomic E-state index is 0.170. The fourth-order valence-corrected chi connectivity index (χ4v) is 2.49. The lowest BCUT2D eigenvalue weighted by molar-refractivity contribution is -0.139. The Morgan fingerprint density at radius 2 is 2.26 bits per heavy atom. The van der Waals surface area contributed by atoms with Gasteiger partial charge in [-0.05, 0) is 24.4 Å². The first-order chi connectivity index (χ1) is 9.08. The molecule has 5 heteroatoms. The molecular weight excluding hydrogens is 265 g/mol. The smallest absolute Gasteiger partial charge is 0.325 e. The van der Waals surface area contributed by atoms with Crippen molar-refractivity contribution in [3.63, 3.8) is 0 Å². The molecule has 2 N–H and O–H groups in total. The summed E-state index contributed by atoms with van der Waals surface area (Å²) in [6, 6.07) is 7.25. The highest BCUT2D eigenvalue weighted by molar-refractivity contribution is 7.09. The van der Waals surface area contributed by atoms with Crippen molar-refractivity contribution in [3.8, 4) is 0 Å². The Hall–Kier alpha value is -1.72. The summed E-state index contributed by atoms with van der Waals surface area (Å²) in [5, 5.41) is 14.0. The average Bonchev–Trinajstić information content (AvgIpc) is 2.86. The van der Waals surface area contributed by atoms with Crippen molar-refractivity contribution in [2.24, 2.45) is 0 Å². The number of carbonyl (C=O) groups is 1. The van der Waals surface area contributed by atoms with E-state index in [1.807, 2.05) is 17.5 Å². The van der Waals surface area contributed by atoms with E-state index in [1.165, 1.54) is 17.4 Å². The zero-order valence-corrected chi connectivity index (χ0v) is 11.2. The lowest BCUT2D eigenvalue weighted by atomic mass is 10.0. The van der Waals surface area contributed by atoms with Crippen LogP contribution in [-0.2, 0) is 11.3 Å².